The van der Waals surface area contributed by atoms with E-state index in [0.717, 1.165) is 33.4 Å². The molecule has 12 heteroatoms. The molecular formula is C19H22ClF3N4O3S. The third-order valence-electron chi connectivity index (χ3n) is 5.45. The van der Waals surface area contributed by atoms with Gasteiger partial charge in [-0.05, 0) is 32.0 Å². The molecule has 0 spiro atoms. The molecule has 0 unspecified atom stereocenters. The van der Waals surface area contributed by atoms with Crippen LogP contribution in [0, 0.1) is 13.8 Å². The summed E-state index contributed by atoms with van der Waals surface area (Å²) in [5.41, 5.74) is 1.38. The van der Waals surface area contributed by atoms with Gasteiger partial charge in [0.1, 0.15) is 4.90 Å². The second-order valence-electron chi connectivity index (χ2n) is 7.38. The van der Waals surface area contributed by atoms with E-state index in [1.807, 2.05) is 13.8 Å². The van der Waals surface area contributed by atoms with Gasteiger partial charge in [0.2, 0.25) is 15.9 Å². The predicted molar refractivity (Wildman–Crippen MR) is 108 cm³/mol. The maximum absolute atomic E-state index is 13.0. The Labute approximate surface area is 183 Å². The average molecular weight is 479 g/mol. The van der Waals surface area contributed by atoms with Crippen LogP contribution in [0.5, 0.6) is 0 Å². The summed E-state index contributed by atoms with van der Waals surface area (Å²) < 4.78 is 67.6. The number of carbonyl (C=O) groups is 1. The first-order valence-corrected chi connectivity index (χ1v) is 11.3. The molecule has 0 N–H and O–H groups in total. The highest BCUT2D eigenvalue weighted by Crippen LogP contribution is 2.34. The molecule has 170 valence electrons. The second-order valence-corrected chi connectivity index (χ2v) is 9.69. The van der Waals surface area contributed by atoms with E-state index in [9.17, 15) is 26.4 Å². The predicted octanol–water partition coefficient (Wildman–Crippen LogP) is 2.78. The van der Waals surface area contributed by atoms with E-state index in [1.165, 1.54) is 0 Å². The quantitative estimate of drug-likeness (QED) is 0.677. The number of alkyl halides is 3. The van der Waals surface area contributed by atoms with Gasteiger partial charge in [-0.2, -0.15) is 22.6 Å². The first kappa shape index (κ1) is 23.6. The summed E-state index contributed by atoms with van der Waals surface area (Å²) in [4.78, 5) is 13.6. The van der Waals surface area contributed by atoms with Crippen LogP contribution in [0.1, 0.15) is 22.5 Å². The molecule has 2 aromatic rings. The molecule has 1 aliphatic heterocycles. The number of amides is 1. The average Bonchev–Trinajstić information content (AvgIpc) is 2.93. The molecule has 1 aliphatic rings. The van der Waals surface area contributed by atoms with Crippen molar-refractivity contribution in [2.45, 2.75) is 31.3 Å². The van der Waals surface area contributed by atoms with Crippen LogP contribution in [0.4, 0.5) is 13.2 Å². The van der Waals surface area contributed by atoms with Crippen molar-refractivity contribution in [3.05, 3.63) is 45.7 Å². The molecule has 3 rings (SSSR count). The van der Waals surface area contributed by atoms with Gasteiger partial charge >= 0.3 is 6.18 Å². The SMILES string of the molecule is Cc1nn(C)c(C)c1CC(=O)N1CCN(S(=O)(=O)c2cc(C(F)(F)F)ccc2Cl)CC1. The van der Waals surface area contributed by atoms with E-state index in [1.54, 1.807) is 16.6 Å². The maximum Gasteiger partial charge on any atom is 0.416 e. The van der Waals surface area contributed by atoms with E-state index >= 15 is 0 Å². The van der Waals surface area contributed by atoms with Gasteiger partial charge < -0.3 is 4.90 Å². The number of halogens is 4. The van der Waals surface area contributed by atoms with Crippen molar-refractivity contribution in [3.63, 3.8) is 0 Å². The molecule has 0 aliphatic carbocycles. The number of carbonyl (C=O) groups excluding carboxylic acids is 1. The maximum atomic E-state index is 13.0. The third kappa shape index (κ3) is 4.73. The van der Waals surface area contributed by atoms with Gasteiger partial charge in [-0.15, -0.1) is 0 Å². The number of sulfonamides is 1. The van der Waals surface area contributed by atoms with Crippen LogP contribution < -0.4 is 0 Å². The lowest BCUT2D eigenvalue weighted by atomic mass is 10.1. The molecule has 1 aromatic carbocycles. The zero-order valence-corrected chi connectivity index (χ0v) is 18.8. The number of hydrogen-bond acceptors (Lipinski definition) is 4. The Kier molecular flexibility index (Phi) is 6.41. The summed E-state index contributed by atoms with van der Waals surface area (Å²) >= 11 is 5.91. The highest BCUT2D eigenvalue weighted by atomic mass is 35.5. The lowest BCUT2D eigenvalue weighted by molar-refractivity contribution is -0.137. The van der Waals surface area contributed by atoms with Crippen LogP contribution in [-0.4, -0.2) is 59.5 Å². The Hall–Kier alpha value is -2.11. The largest absolute Gasteiger partial charge is 0.416 e. The van der Waals surface area contributed by atoms with E-state index in [2.05, 4.69) is 5.10 Å². The lowest BCUT2D eigenvalue weighted by Gasteiger charge is -2.34. The van der Waals surface area contributed by atoms with Crippen LogP contribution >= 0.6 is 11.6 Å². The molecule has 1 amide bonds. The number of rotatable bonds is 4. The Bertz CT molecular complexity index is 1110. The molecule has 0 bridgehead atoms. The van der Waals surface area contributed by atoms with Crippen molar-refractivity contribution in [2.24, 2.45) is 7.05 Å². The van der Waals surface area contributed by atoms with Crippen molar-refractivity contribution in [1.82, 2.24) is 19.0 Å². The van der Waals surface area contributed by atoms with Crippen molar-refractivity contribution < 1.29 is 26.4 Å². The zero-order valence-electron chi connectivity index (χ0n) is 17.2. The first-order valence-electron chi connectivity index (χ1n) is 9.46. The fraction of sp³-hybridized carbons (Fsp3) is 0.474. The molecule has 31 heavy (non-hydrogen) atoms. The van der Waals surface area contributed by atoms with Crippen LogP contribution in [0.25, 0.3) is 0 Å². The van der Waals surface area contributed by atoms with Crippen molar-refractivity contribution in [2.75, 3.05) is 26.2 Å². The van der Waals surface area contributed by atoms with Gasteiger partial charge in [0.25, 0.3) is 0 Å². The van der Waals surface area contributed by atoms with Crippen LogP contribution in [-0.2, 0) is 34.5 Å². The summed E-state index contributed by atoms with van der Waals surface area (Å²) in [6.45, 7) is 3.88. The molecule has 7 nitrogen and oxygen atoms in total. The van der Waals surface area contributed by atoms with E-state index in [0.29, 0.717) is 6.07 Å². The Morgan fingerprint density at radius 3 is 2.29 bits per heavy atom. The van der Waals surface area contributed by atoms with Crippen LogP contribution in [0.2, 0.25) is 5.02 Å². The molecule has 1 fully saturated rings. The van der Waals surface area contributed by atoms with Gasteiger partial charge in [0.05, 0.1) is 22.7 Å². The number of piperazine rings is 1. The Balaban J connectivity index is 1.72. The molecular weight excluding hydrogens is 457 g/mol. The standard InChI is InChI=1S/C19H22ClF3N4O3S/c1-12-15(13(2)25(3)24-12)11-18(28)26-6-8-27(9-7-26)31(29,30)17-10-14(19(21,22)23)4-5-16(17)20/h4-5,10H,6-9,11H2,1-3H3. The van der Waals surface area contributed by atoms with Crippen molar-refractivity contribution in [3.8, 4) is 0 Å². The number of benzene rings is 1. The normalized spacial score (nSPS) is 16.0. The van der Waals surface area contributed by atoms with Crippen molar-refractivity contribution >= 4 is 27.5 Å². The summed E-state index contributed by atoms with van der Waals surface area (Å²) in [6.07, 6.45) is -4.54. The van der Waals surface area contributed by atoms with Gasteiger partial charge in [0, 0.05) is 44.5 Å². The summed E-state index contributed by atoms with van der Waals surface area (Å²) in [5, 5.41) is 4.00. The topological polar surface area (TPSA) is 75.5 Å². The summed E-state index contributed by atoms with van der Waals surface area (Å²) in [6, 6.07) is 2.21. The van der Waals surface area contributed by atoms with Crippen molar-refractivity contribution in [1.29, 1.82) is 0 Å². The minimum atomic E-state index is -4.69. The van der Waals surface area contributed by atoms with E-state index in [4.69, 9.17) is 11.6 Å². The molecule has 0 saturated carbocycles. The highest BCUT2D eigenvalue weighted by molar-refractivity contribution is 7.89. The molecule has 0 atom stereocenters. The smallest absolute Gasteiger partial charge is 0.340 e. The molecule has 1 aromatic heterocycles. The number of aryl methyl sites for hydroxylation is 2. The molecule has 0 radical (unpaired) electrons. The Morgan fingerprint density at radius 1 is 1.16 bits per heavy atom. The first-order chi connectivity index (χ1) is 14.3. The zero-order chi connectivity index (χ0) is 23.1. The fourth-order valence-electron chi connectivity index (χ4n) is 3.53. The lowest BCUT2D eigenvalue weighted by Crippen LogP contribution is -2.51. The highest BCUT2D eigenvalue weighted by Gasteiger charge is 2.36. The summed E-state index contributed by atoms with van der Waals surface area (Å²) in [5.74, 6) is -0.159. The van der Waals surface area contributed by atoms with Gasteiger partial charge in [-0.1, -0.05) is 11.6 Å². The Morgan fingerprint density at radius 2 is 1.77 bits per heavy atom. The van der Waals surface area contributed by atoms with Gasteiger partial charge in [-0.25, -0.2) is 8.42 Å². The minimum Gasteiger partial charge on any atom is -0.340 e. The van der Waals surface area contributed by atoms with E-state index in [-0.39, 0.29) is 43.5 Å². The third-order valence-corrected chi connectivity index (χ3v) is 7.83. The minimum absolute atomic E-state index is 0.0361. The molecule has 1 saturated heterocycles. The van der Waals surface area contributed by atoms with E-state index < -0.39 is 26.7 Å². The van der Waals surface area contributed by atoms with Gasteiger partial charge in [-0.3, -0.25) is 9.48 Å². The fourth-order valence-corrected chi connectivity index (χ4v) is 5.45. The second kappa shape index (κ2) is 8.44. The van der Waals surface area contributed by atoms with Crippen LogP contribution in [0.3, 0.4) is 0 Å². The summed E-state index contributed by atoms with van der Waals surface area (Å²) in [7, 11) is -2.45. The number of aromatic nitrogens is 2. The number of nitrogens with zero attached hydrogens (tertiary/aromatic N) is 4. The number of hydrogen-bond donors (Lipinski definition) is 0. The van der Waals surface area contributed by atoms with Crippen LogP contribution in [0.15, 0.2) is 23.1 Å². The molecule has 2 heterocycles. The monoisotopic (exact) mass is 478 g/mol. The van der Waals surface area contributed by atoms with Gasteiger partial charge in [0.15, 0.2) is 0 Å².